The molecule has 0 unspecified atom stereocenters. The first-order valence-corrected chi connectivity index (χ1v) is 6.93. The molecule has 0 heterocycles. The quantitative estimate of drug-likeness (QED) is 0.849. The molecular weight excluding hydrogens is 266 g/mol. The Bertz CT molecular complexity index is 569. The van der Waals surface area contributed by atoms with Crippen LogP contribution in [-0.4, -0.2) is 19.1 Å². The van der Waals surface area contributed by atoms with Gasteiger partial charge in [-0.25, -0.2) is 0 Å². The van der Waals surface area contributed by atoms with Crippen molar-refractivity contribution in [1.29, 1.82) is 0 Å². The third kappa shape index (κ3) is 4.93. The highest BCUT2D eigenvalue weighted by atomic mass is 16.5. The lowest BCUT2D eigenvalue weighted by molar-refractivity contribution is -0.121. The summed E-state index contributed by atoms with van der Waals surface area (Å²) in [5.41, 5.74) is 1.70. The fourth-order valence-corrected chi connectivity index (χ4v) is 1.87. The molecule has 0 atom stereocenters. The summed E-state index contributed by atoms with van der Waals surface area (Å²) >= 11 is 0. The zero-order valence-electron chi connectivity index (χ0n) is 12.0. The number of carbonyl (C=O) groups is 1. The van der Waals surface area contributed by atoms with Gasteiger partial charge in [0.05, 0.1) is 18.9 Å². The summed E-state index contributed by atoms with van der Waals surface area (Å²) in [6, 6.07) is 17.1. The van der Waals surface area contributed by atoms with Gasteiger partial charge in [0.25, 0.3) is 0 Å². The summed E-state index contributed by atoms with van der Waals surface area (Å²) in [4.78, 5) is 11.9. The van der Waals surface area contributed by atoms with Crippen molar-refractivity contribution in [3.05, 3.63) is 60.2 Å². The molecule has 1 N–H and O–H groups in total. The van der Waals surface area contributed by atoms with Gasteiger partial charge in [0.2, 0.25) is 5.91 Å². The van der Waals surface area contributed by atoms with E-state index in [1.54, 1.807) is 6.07 Å². The van der Waals surface area contributed by atoms with E-state index in [9.17, 15) is 4.79 Å². The molecule has 0 spiro atoms. The van der Waals surface area contributed by atoms with Crippen LogP contribution in [0.2, 0.25) is 0 Å². The molecule has 0 saturated heterocycles. The summed E-state index contributed by atoms with van der Waals surface area (Å²) < 4.78 is 10.9. The Hall–Kier alpha value is -2.33. The second-order valence-electron chi connectivity index (χ2n) is 4.46. The number of ether oxygens (including phenoxy) is 2. The molecule has 0 aliphatic carbocycles. The minimum Gasteiger partial charge on any atom is -0.492 e. The smallest absolute Gasteiger partial charge is 0.250 e. The average Bonchev–Trinajstić information content (AvgIpc) is 2.50. The van der Waals surface area contributed by atoms with Gasteiger partial charge in [-0.3, -0.25) is 4.79 Å². The van der Waals surface area contributed by atoms with Crippen LogP contribution in [0.15, 0.2) is 54.6 Å². The topological polar surface area (TPSA) is 47.6 Å². The number of para-hydroxylation sites is 2. The fraction of sp³-hybridized carbons (Fsp3) is 0.235. The second kappa shape index (κ2) is 8.07. The first-order chi connectivity index (χ1) is 10.3. The largest absolute Gasteiger partial charge is 0.492 e. The van der Waals surface area contributed by atoms with Crippen molar-refractivity contribution in [2.75, 3.05) is 18.5 Å². The van der Waals surface area contributed by atoms with Crippen molar-refractivity contribution in [1.82, 2.24) is 0 Å². The maximum atomic E-state index is 11.9. The molecule has 1 amide bonds. The van der Waals surface area contributed by atoms with Crippen LogP contribution < -0.4 is 10.1 Å². The van der Waals surface area contributed by atoms with Gasteiger partial charge in [-0.15, -0.1) is 0 Å². The Labute approximate surface area is 124 Å². The van der Waals surface area contributed by atoms with Crippen LogP contribution in [-0.2, 0) is 16.1 Å². The Morgan fingerprint density at radius 1 is 1.05 bits per heavy atom. The molecule has 0 bridgehead atoms. The lowest BCUT2D eigenvalue weighted by Crippen LogP contribution is -2.18. The number of anilines is 1. The summed E-state index contributed by atoms with van der Waals surface area (Å²) in [6.45, 7) is 2.88. The lowest BCUT2D eigenvalue weighted by atomic mass is 10.2. The molecule has 0 aliphatic rings. The molecule has 0 saturated carbocycles. The number of carbonyl (C=O) groups excluding carboxylic acids is 1. The van der Waals surface area contributed by atoms with Crippen molar-refractivity contribution in [3.63, 3.8) is 0 Å². The molecule has 2 aromatic rings. The maximum absolute atomic E-state index is 11.9. The SMILES string of the molecule is CCOc1ccccc1NC(=O)COCc1ccccc1. The van der Waals surface area contributed by atoms with E-state index in [1.807, 2.05) is 55.5 Å². The van der Waals surface area contributed by atoms with E-state index < -0.39 is 0 Å². The van der Waals surface area contributed by atoms with E-state index >= 15 is 0 Å². The monoisotopic (exact) mass is 285 g/mol. The van der Waals surface area contributed by atoms with Crippen LogP contribution in [0.5, 0.6) is 5.75 Å². The third-order valence-electron chi connectivity index (χ3n) is 2.81. The molecule has 0 aliphatic heterocycles. The fourth-order valence-electron chi connectivity index (χ4n) is 1.87. The van der Waals surface area contributed by atoms with E-state index in [2.05, 4.69) is 5.32 Å². The van der Waals surface area contributed by atoms with Gasteiger partial charge in [-0.05, 0) is 24.6 Å². The van der Waals surface area contributed by atoms with E-state index in [4.69, 9.17) is 9.47 Å². The third-order valence-corrected chi connectivity index (χ3v) is 2.81. The Morgan fingerprint density at radius 3 is 2.52 bits per heavy atom. The molecule has 0 radical (unpaired) electrons. The molecule has 0 aromatic heterocycles. The minimum atomic E-state index is -0.196. The highest BCUT2D eigenvalue weighted by Gasteiger charge is 2.07. The van der Waals surface area contributed by atoms with Crippen molar-refractivity contribution in [2.45, 2.75) is 13.5 Å². The zero-order chi connectivity index (χ0) is 14.9. The van der Waals surface area contributed by atoms with Crippen LogP contribution >= 0.6 is 0 Å². The highest BCUT2D eigenvalue weighted by molar-refractivity contribution is 5.93. The summed E-state index contributed by atoms with van der Waals surface area (Å²) in [6.07, 6.45) is 0. The molecule has 2 aromatic carbocycles. The minimum absolute atomic E-state index is 0.00928. The van der Waals surface area contributed by atoms with Crippen LogP contribution in [0.1, 0.15) is 12.5 Å². The summed E-state index contributed by atoms with van der Waals surface area (Å²) in [5, 5.41) is 2.79. The number of hydrogen-bond donors (Lipinski definition) is 1. The van der Waals surface area contributed by atoms with Gasteiger partial charge in [0.1, 0.15) is 12.4 Å². The van der Waals surface area contributed by atoms with Gasteiger partial charge >= 0.3 is 0 Å². The standard InChI is InChI=1S/C17H19NO3/c1-2-21-16-11-7-6-10-15(16)18-17(19)13-20-12-14-8-4-3-5-9-14/h3-11H,2,12-13H2,1H3,(H,18,19). The van der Waals surface area contributed by atoms with Crippen LogP contribution in [0, 0.1) is 0 Å². The predicted octanol–water partition coefficient (Wildman–Crippen LogP) is 3.24. The first kappa shape index (κ1) is 15.1. The van der Waals surface area contributed by atoms with Gasteiger partial charge in [-0.2, -0.15) is 0 Å². The van der Waals surface area contributed by atoms with Crippen LogP contribution in [0.3, 0.4) is 0 Å². The van der Waals surface area contributed by atoms with Crippen molar-refractivity contribution >= 4 is 11.6 Å². The number of benzene rings is 2. The maximum Gasteiger partial charge on any atom is 0.250 e. The molecule has 110 valence electrons. The van der Waals surface area contributed by atoms with E-state index in [-0.39, 0.29) is 12.5 Å². The first-order valence-electron chi connectivity index (χ1n) is 6.93. The van der Waals surface area contributed by atoms with E-state index in [0.717, 1.165) is 5.56 Å². The van der Waals surface area contributed by atoms with Gasteiger partial charge in [-0.1, -0.05) is 42.5 Å². The van der Waals surface area contributed by atoms with Crippen molar-refractivity contribution < 1.29 is 14.3 Å². The number of rotatable bonds is 7. The van der Waals surface area contributed by atoms with Crippen LogP contribution in [0.25, 0.3) is 0 Å². The number of nitrogens with one attached hydrogen (secondary N) is 1. The van der Waals surface area contributed by atoms with Gasteiger partial charge < -0.3 is 14.8 Å². The molecule has 4 heteroatoms. The molecular formula is C17H19NO3. The summed E-state index contributed by atoms with van der Waals surface area (Å²) in [5.74, 6) is 0.467. The van der Waals surface area contributed by atoms with Gasteiger partial charge in [0.15, 0.2) is 0 Å². The van der Waals surface area contributed by atoms with E-state index in [0.29, 0.717) is 24.7 Å². The Morgan fingerprint density at radius 2 is 1.76 bits per heavy atom. The molecule has 21 heavy (non-hydrogen) atoms. The molecule has 2 rings (SSSR count). The van der Waals surface area contributed by atoms with Crippen molar-refractivity contribution in [2.24, 2.45) is 0 Å². The molecule has 0 fully saturated rings. The number of hydrogen-bond acceptors (Lipinski definition) is 3. The van der Waals surface area contributed by atoms with Crippen molar-refractivity contribution in [3.8, 4) is 5.75 Å². The Kier molecular flexibility index (Phi) is 5.79. The second-order valence-corrected chi connectivity index (χ2v) is 4.46. The Balaban J connectivity index is 1.82. The van der Waals surface area contributed by atoms with Crippen LogP contribution in [0.4, 0.5) is 5.69 Å². The highest BCUT2D eigenvalue weighted by Crippen LogP contribution is 2.23. The van der Waals surface area contributed by atoms with E-state index in [1.165, 1.54) is 0 Å². The predicted molar refractivity (Wildman–Crippen MR) is 82.3 cm³/mol. The summed E-state index contributed by atoms with van der Waals surface area (Å²) in [7, 11) is 0. The average molecular weight is 285 g/mol. The zero-order valence-corrected chi connectivity index (χ0v) is 12.0. The number of amides is 1. The van der Waals surface area contributed by atoms with Gasteiger partial charge in [0, 0.05) is 0 Å². The lowest BCUT2D eigenvalue weighted by Gasteiger charge is -2.11. The normalized spacial score (nSPS) is 10.1. The molecule has 4 nitrogen and oxygen atoms in total.